The molecule has 1 aromatic heterocycles. The molecule has 28 heavy (non-hydrogen) atoms. The molecule has 1 aliphatic rings. The Hall–Kier alpha value is -2.55. The molecule has 0 N–H and O–H groups in total. The van der Waals surface area contributed by atoms with Gasteiger partial charge in [-0.1, -0.05) is 19.8 Å². The van der Waals surface area contributed by atoms with Crippen molar-refractivity contribution in [2.75, 3.05) is 13.1 Å². The van der Waals surface area contributed by atoms with Crippen molar-refractivity contribution in [1.29, 1.82) is 5.26 Å². The molecule has 0 saturated carbocycles. The van der Waals surface area contributed by atoms with E-state index >= 15 is 0 Å². The molecule has 1 amide bonds. The first-order valence-electron chi connectivity index (χ1n) is 10.2. The van der Waals surface area contributed by atoms with Crippen LogP contribution in [0.15, 0.2) is 11.6 Å². The molecule has 0 radical (unpaired) electrons. The molecule has 1 fully saturated rings. The summed E-state index contributed by atoms with van der Waals surface area (Å²) in [5.74, 6) is -0.938. The van der Waals surface area contributed by atoms with E-state index in [4.69, 9.17) is 4.74 Å². The second kappa shape index (κ2) is 10.1. The second-order valence-corrected chi connectivity index (χ2v) is 7.43. The molecule has 0 bridgehead atoms. The summed E-state index contributed by atoms with van der Waals surface area (Å²) >= 11 is 0. The molecule has 1 saturated heterocycles. The molecule has 6 heteroatoms. The van der Waals surface area contributed by atoms with Crippen LogP contribution in [-0.2, 0) is 20.9 Å². The van der Waals surface area contributed by atoms with E-state index in [2.05, 4.69) is 11.5 Å². The molecular weight excluding hydrogens is 354 g/mol. The molecule has 2 rings (SSSR count). The number of nitrogens with zero attached hydrogens (tertiary/aromatic N) is 3. The fourth-order valence-electron chi connectivity index (χ4n) is 3.66. The van der Waals surface area contributed by atoms with E-state index < -0.39 is 12.1 Å². The number of likely N-dealkylation sites (tertiary alicyclic amines) is 1. The number of rotatable bonds is 6. The predicted octanol–water partition coefficient (Wildman–Crippen LogP) is 3.76. The monoisotopic (exact) mass is 385 g/mol. The largest absolute Gasteiger partial charge is 0.448 e. The Morgan fingerprint density at radius 3 is 2.46 bits per heavy atom. The Bertz CT molecular complexity index is 778. The van der Waals surface area contributed by atoms with Crippen LogP contribution in [0, 0.1) is 25.2 Å². The fourth-order valence-corrected chi connectivity index (χ4v) is 3.66. The van der Waals surface area contributed by atoms with Crippen molar-refractivity contribution in [1.82, 2.24) is 9.47 Å². The van der Waals surface area contributed by atoms with E-state index in [9.17, 15) is 14.9 Å². The highest BCUT2D eigenvalue weighted by atomic mass is 16.5. The van der Waals surface area contributed by atoms with Crippen molar-refractivity contribution in [2.24, 2.45) is 0 Å². The minimum atomic E-state index is -0.894. The number of aromatic nitrogens is 1. The second-order valence-electron chi connectivity index (χ2n) is 7.43. The number of carbonyl (C=O) groups excluding carboxylic acids is 2. The summed E-state index contributed by atoms with van der Waals surface area (Å²) in [6.07, 6.45) is 5.86. The summed E-state index contributed by atoms with van der Waals surface area (Å²) in [6.45, 7) is 9.95. The maximum absolute atomic E-state index is 12.6. The average molecular weight is 386 g/mol. The van der Waals surface area contributed by atoms with Crippen LogP contribution in [0.4, 0.5) is 0 Å². The van der Waals surface area contributed by atoms with Gasteiger partial charge in [-0.15, -0.1) is 0 Å². The zero-order valence-electron chi connectivity index (χ0n) is 17.5. The molecule has 152 valence electrons. The van der Waals surface area contributed by atoms with Crippen LogP contribution in [-0.4, -0.2) is 40.5 Å². The van der Waals surface area contributed by atoms with Crippen LogP contribution < -0.4 is 0 Å². The zero-order valence-corrected chi connectivity index (χ0v) is 17.5. The van der Waals surface area contributed by atoms with Crippen LogP contribution in [0.1, 0.15) is 62.9 Å². The standard InChI is InChI=1S/C22H31N3O3/c1-5-10-25-16(2)13-19(17(25)3)14-20(15-23)22(27)28-18(4)21(26)24-11-8-6-7-9-12-24/h13-14,18H,5-12H2,1-4H3/b20-14+/t18-/m0/s1. The number of hydrogen-bond acceptors (Lipinski definition) is 4. The molecule has 0 unspecified atom stereocenters. The fraction of sp³-hybridized carbons (Fsp3) is 0.591. The maximum atomic E-state index is 12.6. The summed E-state index contributed by atoms with van der Waals surface area (Å²) in [5.41, 5.74) is 2.83. The Morgan fingerprint density at radius 1 is 1.25 bits per heavy atom. The Balaban J connectivity index is 2.10. The third-order valence-corrected chi connectivity index (χ3v) is 5.25. The molecule has 1 aromatic rings. The Labute approximate surface area is 167 Å². The summed E-state index contributed by atoms with van der Waals surface area (Å²) in [5, 5.41) is 9.44. The average Bonchev–Trinajstić information content (AvgIpc) is 2.88. The number of esters is 1. The van der Waals surface area contributed by atoms with Crippen molar-refractivity contribution in [3.63, 3.8) is 0 Å². The van der Waals surface area contributed by atoms with E-state index in [0.29, 0.717) is 13.1 Å². The van der Waals surface area contributed by atoms with Crippen molar-refractivity contribution in [3.05, 3.63) is 28.6 Å². The van der Waals surface area contributed by atoms with Crippen molar-refractivity contribution < 1.29 is 14.3 Å². The Morgan fingerprint density at radius 2 is 1.89 bits per heavy atom. The van der Waals surface area contributed by atoms with E-state index in [1.165, 1.54) is 0 Å². The van der Waals surface area contributed by atoms with Gasteiger partial charge in [0.2, 0.25) is 0 Å². The highest BCUT2D eigenvalue weighted by molar-refractivity contribution is 5.99. The molecule has 1 atom stereocenters. The summed E-state index contributed by atoms with van der Waals surface area (Å²) in [7, 11) is 0. The van der Waals surface area contributed by atoms with Crippen molar-refractivity contribution in [3.8, 4) is 6.07 Å². The van der Waals surface area contributed by atoms with Gasteiger partial charge >= 0.3 is 5.97 Å². The van der Waals surface area contributed by atoms with Gasteiger partial charge in [0, 0.05) is 31.0 Å². The topological polar surface area (TPSA) is 75.3 Å². The van der Waals surface area contributed by atoms with Crippen LogP contribution >= 0.6 is 0 Å². The molecule has 1 aliphatic heterocycles. The molecule has 2 heterocycles. The normalized spacial score (nSPS) is 16.2. The number of carbonyl (C=O) groups is 2. The summed E-state index contributed by atoms with van der Waals surface area (Å²) in [6, 6.07) is 3.88. The number of hydrogen-bond donors (Lipinski definition) is 0. The lowest BCUT2D eigenvalue weighted by atomic mass is 10.1. The van der Waals surface area contributed by atoms with Crippen LogP contribution in [0.3, 0.4) is 0 Å². The van der Waals surface area contributed by atoms with Gasteiger partial charge in [0.05, 0.1) is 0 Å². The van der Waals surface area contributed by atoms with E-state index in [0.717, 1.165) is 55.6 Å². The first-order chi connectivity index (χ1) is 13.4. The smallest absolute Gasteiger partial charge is 0.349 e. The van der Waals surface area contributed by atoms with E-state index in [-0.39, 0.29) is 11.5 Å². The van der Waals surface area contributed by atoms with Crippen molar-refractivity contribution in [2.45, 2.75) is 72.4 Å². The van der Waals surface area contributed by atoms with Gasteiger partial charge in [-0.3, -0.25) is 4.79 Å². The first kappa shape index (κ1) is 21.7. The van der Waals surface area contributed by atoms with Gasteiger partial charge in [0.15, 0.2) is 6.10 Å². The quantitative estimate of drug-likeness (QED) is 0.424. The number of ether oxygens (including phenoxy) is 1. The third kappa shape index (κ3) is 5.25. The first-order valence-corrected chi connectivity index (χ1v) is 10.2. The Kier molecular flexibility index (Phi) is 7.86. The maximum Gasteiger partial charge on any atom is 0.349 e. The van der Waals surface area contributed by atoms with Gasteiger partial charge in [-0.05, 0) is 57.7 Å². The number of nitriles is 1. The lowest BCUT2D eigenvalue weighted by Crippen LogP contribution is -2.40. The molecule has 6 nitrogen and oxygen atoms in total. The highest BCUT2D eigenvalue weighted by Gasteiger charge is 2.26. The third-order valence-electron chi connectivity index (χ3n) is 5.25. The SMILES string of the molecule is CCCn1c(C)cc(/C=C(\C#N)C(=O)O[C@@H](C)C(=O)N2CCCCCC2)c1C. The minimum Gasteiger partial charge on any atom is -0.448 e. The van der Waals surface area contributed by atoms with Gasteiger partial charge in [0.25, 0.3) is 5.91 Å². The molecule has 0 spiro atoms. The van der Waals surface area contributed by atoms with Crippen LogP contribution in [0.2, 0.25) is 0 Å². The molecule has 0 aliphatic carbocycles. The zero-order chi connectivity index (χ0) is 20.7. The molecule has 0 aromatic carbocycles. The van der Waals surface area contributed by atoms with E-state index in [1.54, 1.807) is 17.9 Å². The predicted molar refractivity (Wildman–Crippen MR) is 108 cm³/mol. The summed E-state index contributed by atoms with van der Waals surface area (Å²) in [4.78, 5) is 26.8. The summed E-state index contributed by atoms with van der Waals surface area (Å²) < 4.78 is 7.49. The van der Waals surface area contributed by atoms with Gasteiger partial charge in [-0.25, -0.2) is 4.79 Å². The van der Waals surface area contributed by atoms with Crippen molar-refractivity contribution >= 4 is 18.0 Å². The van der Waals surface area contributed by atoms with Crippen LogP contribution in [0.5, 0.6) is 0 Å². The molecular formula is C22H31N3O3. The van der Waals surface area contributed by atoms with Crippen LogP contribution in [0.25, 0.3) is 6.08 Å². The van der Waals surface area contributed by atoms with Gasteiger partial charge in [0.1, 0.15) is 11.6 Å². The number of aryl methyl sites for hydroxylation is 1. The lowest BCUT2D eigenvalue weighted by molar-refractivity contribution is -0.155. The highest BCUT2D eigenvalue weighted by Crippen LogP contribution is 2.19. The van der Waals surface area contributed by atoms with Gasteiger partial charge < -0.3 is 14.2 Å². The van der Waals surface area contributed by atoms with Gasteiger partial charge in [-0.2, -0.15) is 5.26 Å². The van der Waals surface area contributed by atoms with E-state index in [1.807, 2.05) is 26.0 Å². The number of amides is 1. The lowest BCUT2D eigenvalue weighted by Gasteiger charge is -2.23. The minimum absolute atomic E-state index is 0.0905.